The Kier molecular flexibility index (Phi) is 2.90. The monoisotopic (exact) mass is 141 g/mol. The van der Waals surface area contributed by atoms with Crippen molar-refractivity contribution in [3.63, 3.8) is 0 Å². The Morgan fingerprint density at radius 2 is 2.10 bits per heavy atom. The van der Waals surface area contributed by atoms with E-state index >= 15 is 0 Å². The first-order chi connectivity index (χ1) is 4.83. The highest BCUT2D eigenvalue weighted by Gasteiger charge is 2.09. The molecule has 0 aromatic heterocycles. The molecule has 0 aromatic carbocycles. The zero-order chi connectivity index (χ0) is 7.40. The highest BCUT2D eigenvalue weighted by Crippen LogP contribution is 2.03. The quantitative estimate of drug-likeness (QED) is 0.578. The molecule has 1 aliphatic rings. The number of aliphatic hydroxyl groups is 1. The smallest absolute Gasteiger partial charge is 0.0468 e. The maximum Gasteiger partial charge on any atom is 0.0468 e. The van der Waals surface area contributed by atoms with E-state index in [9.17, 15) is 0 Å². The molecule has 0 saturated heterocycles. The number of rotatable bonds is 3. The van der Waals surface area contributed by atoms with Crippen LogP contribution in [0.15, 0.2) is 12.2 Å². The van der Waals surface area contributed by atoms with Gasteiger partial charge >= 0.3 is 0 Å². The number of hydrogen-bond acceptors (Lipinski definition) is 2. The standard InChI is InChI=1S/C8H15NO/c1-8(7-10)6-9-4-2-3-5-9/h2-3,8,10H,4-7H2,1H3. The molecule has 10 heavy (non-hydrogen) atoms. The zero-order valence-electron chi connectivity index (χ0n) is 6.45. The van der Waals surface area contributed by atoms with E-state index in [4.69, 9.17) is 5.11 Å². The van der Waals surface area contributed by atoms with Crippen LogP contribution >= 0.6 is 0 Å². The lowest BCUT2D eigenvalue weighted by atomic mass is 10.2. The fourth-order valence-electron chi connectivity index (χ4n) is 1.17. The molecule has 0 aliphatic carbocycles. The van der Waals surface area contributed by atoms with Crippen LogP contribution in [0.5, 0.6) is 0 Å². The van der Waals surface area contributed by atoms with E-state index in [0.29, 0.717) is 12.5 Å². The van der Waals surface area contributed by atoms with Crippen molar-refractivity contribution in [3.8, 4) is 0 Å². The van der Waals surface area contributed by atoms with Gasteiger partial charge in [-0.05, 0) is 5.92 Å². The van der Waals surface area contributed by atoms with Crippen molar-refractivity contribution >= 4 is 0 Å². The van der Waals surface area contributed by atoms with Gasteiger partial charge in [-0.25, -0.2) is 0 Å². The summed E-state index contributed by atoms with van der Waals surface area (Å²) in [5, 5.41) is 8.75. The van der Waals surface area contributed by atoms with E-state index in [1.54, 1.807) is 0 Å². The van der Waals surface area contributed by atoms with Crippen molar-refractivity contribution in [2.75, 3.05) is 26.2 Å². The lowest BCUT2D eigenvalue weighted by Crippen LogP contribution is -2.27. The van der Waals surface area contributed by atoms with E-state index in [2.05, 4.69) is 24.0 Å². The molecule has 1 atom stereocenters. The van der Waals surface area contributed by atoms with Gasteiger partial charge in [-0.2, -0.15) is 0 Å². The van der Waals surface area contributed by atoms with Crippen LogP contribution in [0.3, 0.4) is 0 Å². The summed E-state index contributed by atoms with van der Waals surface area (Å²) in [6, 6.07) is 0. The first-order valence-corrected chi connectivity index (χ1v) is 3.81. The van der Waals surface area contributed by atoms with E-state index in [1.807, 2.05) is 0 Å². The minimum Gasteiger partial charge on any atom is -0.396 e. The van der Waals surface area contributed by atoms with Gasteiger partial charge in [0.1, 0.15) is 0 Å². The molecule has 1 heterocycles. The predicted octanol–water partition coefficient (Wildman–Crippen LogP) is 0.487. The van der Waals surface area contributed by atoms with Crippen molar-refractivity contribution in [2.45, 2.75) is 6.92 Å². The Balaban J connectivity index is 2.13. The molecule has 0 spiro atoms. The molecule has 0 radical (unpaired) electrons. The second-order valence-corrected chi connectivity index (χ2v) is 2.98. The van der Waals surface area contributed by atoms with Gasteiger partial charge in [0.15, 0.2) is 0 Å². The van der Waals surface area contributed by atoms with Crippen LogP contribution in [0.25, 0.3) is 0 Å². The molecule has 1 aliphatic heterocycles. The lowest BCUT2D eigenvalue weighted by Gasteiger charge is -2.17. The van der Waals surface area contributed by atoms with Crippen molar-refractivity contribution < 1.29 is 5.11 Å². The molecule has 0 saturated carbocycles. The average Bonchev–Trinajstić information content (AvgIpc) is 2.40. The number of aliphatic hydroxyl groups excluding tert-OH is 1. The number of hydrogen-bond donors (Lipinski definition) is 1. The van der Waals surface area contributed by atoms with E-state index in [1.165, 1.54) is 0 Å². The van der Waals surface area contributed by atoms with Crippen LogP contribution in [0, 0.1) is 5.92 Å². The summed E-state index contributed by atoms with van der Waals surface area (Å²) in [5.74, 6) is 0.417. The van der Waals surface area contributed by atoms with Crippen LogP contribution in [-0.4, -0.2) is 36.2 Å². The van der Waals surface area contributed by atoms with E-state index in [0.717, 1.165) is 19.6 Å². The number of nitrogens with zero attached hydrogens (tertiary/aromatic N) is 1. The minimum atomic E-state index is 0.302. The van der Waals surface area contributed by atoms with Gasteiger partial charge in [-0.3, -0.25) is 4.90 Å². The van der Waals surface area contributed by atoms with E-state index in [-0.39, 0.29) is 0 Å². The molecule has 1 rings (SSSR count). The summed E-state index contributed by atoms with van der Waals surface area (Å²) < 4.78 is 0. The van der Waals surface area contributed by atoms with Crippen LogP contribution in [0.4, 0.5) is 0 Å². The molecule has 2 heteroatoms. The maximum atomic E-state index is 8.75. The summed E-state index contributed by atoms with van der Waals surface area (Å²) >= 11 is 0. The van der Waals surface area contributed by atoms with Gasteiger partial charge < -0.3 is 5.11 Å². The Bertz CT molecular complexity index is 114. The predicted molar refractivity (Wildman–Crippen MR) is 41.8 cm³/mol. The van der Waals surface area contributed by atoms with Crippen LogP contribution in [0.2, 0.25) is 0 Å². The van der Waals surface area contributed by atoms with Crippen molar-refractivity contribution in [1.82, 2.24) is 4.90 Å². The second kappa shape index (κ2) is 3.74. The van der Waals surface area contributed by atoms with Crippen LogP contribution in [-0.2, 0) is 0 Å². The minimum absolute atomic E-state index is 0.302. The SMILES string of the molecule is CC(CO)CN1CC=CC1. The topological polar surface area (TPSA) is 23.5 Å². The third-order valence-corrected chi connectivity index (χ3v) is 1.78. The first kappa shape index (κ1) is 7.76. The van der Waals surface area contributed by atoms with Gasteiger partial charge in [-0.1, -0.05) is 19.1 Å². The molecule has 0 fully saturated rings. The second-order valence-electron chi connectivity index (χ2n) is 2.98. The molecule has 1 unspecified atom stereocenters. The maximum absolute atomic E-state index is 8.75. The molecule has 0 bridgehead atoms. The molecule has 1 N–H and O–H groups in total. The molecular formula is C8H15NO. The summed E-state index contributed by atoms with van der Waals surface area (Å²) in [4.78, 5) is 2.32. The van der Waals surface area contributed by atoms with Gasteiger partial charge in [0.25, 0.3) is 0 Å². The molecular weight excluding hydrogens is 126 g/mol. The highest BCUT2D eigenvalue weighted by atomic mass is 16.3. The summed E-state index contributed by atoms with van der Waals surface area (Å²) in [7, 11) is 0. The molecule has 0 aromatic rings. The fraction of sp³-hybridized carbons (Fsp3) is 0.750. The highest BCUT2D eigenvalue weighted by molar-refractivity contribution is 4.95. The van der Waals surface area contributed by atoms with Gasteiger partial charge in [0.05, 0.1) is 0 Å². The molecule has 0 amide bonds. The first-order valence-electron chi connectivity index (χ1n) is 3.81. The normalized spacial score (nSPS) is 21.8. The summed E-state index contributed by atoms with van der Waals surface area (Å²) in [6.07, 6.45) is 4.34. The Morgan fingerprint density at radius 3 is 2.60 bits per heavy atom. The lowest BCUT2D eigenvalue weighted by molar-refractivity contribution is 0.194. The van der Waals surface area contributed by atoms with Gasteiger partial charge in [0, 0.05) is 26.2 Å². The van der Waals surface area contributed by atoms with Gasteiger partial charge in [-0.15, -0.1) is 0 Å². The average molecular weight is 141 g/mol. The molecule has 2 nitrogen and oxygen atoms in total. The third kappa shape index (κ3) is 2.12. The Morgan fingerprint density at radius 1 is 1.50 bits per heavy atom. The Labute approximate surface area is 62.2 Å². The van der Waals surface area contributed by atoms with Crippen LogP contribution < -0.4 is 0 Å². The zero-order valence-corrected chi connectivity index (χ0v) is 6.45. The van der Waals surface area contributed by atoms with Crippen molar-refractivity contribution in [2.24, 2.45) is 5.92 Å². The van der Waals surface area contributed by atoms with Crippen molar-refractivity contribution in [1.29, 1.82) is 0 Å². The van der Waals surface area contributed by atoms with E-state index < -0.39 is 0 Å². The largest absolute Gasteiger partial charge is 0.396 e. The van der Waals surface area contributed by atoms with Gasteiger partial charge in [0.2, 0.25) is 0 Å². The molecule has 58 valence electrons. The fourth-order valence-corrected chi connectivity index (χ4v) is 1.17. The summed E-state index contributed by atoms with van der Waals surface area (Å²) in [5.41, 5.74) is 0. The Hall–Kier alpha value is -0.340. The van der Waals surface area contributed by atoms with Crippen molar-refractivity contribution in [3.05, 3.63) is 12.2 Å². The summed E-state index contributed by atoms with van der Waals surface area (Å²) in [6.45, 7) is 5.51. The third-order valence-electron chi connectivity index (χ3n) is 1.78. The van der Waals surface area contributed by atoms with Crippen LogP contribution in [0.1, 0.15) is 6.92 Å².